The first kappa shape index (κ1) is 34.3. The van der Waals surface area contributed by atoms with Gasteiger partial charge in [-0.3, -0.25) is 0 Å². The lowest BCUT2D eigenvalue weighted by Gasteiger charge is -2.19. The lowest BCUT2D eigenvalue weighted by atomic mass is 9.98. The van der Waals surface area contributed by atoms with Gasteiger partial charge in [0.25, 0.3) is 0 Å². The van der Waals surface area contributed by atoms with Crippen molar-refractivity contribution in [2.24, 2.45) is 0 Å². The quantitative estimate of drug-likeness (QED) is 0.0543. The number of nitrogens with zero attached hydrogens (tertiary/aromatic N) is 2. The molecule has 47 heavy (non-hydrogen) atoms. The van der Waals surface area contributed by atoms with Crippen LogP contribution in [0.1, 0.15) is 76.3 Å². The number of hydrogen-bond donors (Lipinski definition) is 3. The fraction of sp³-hybridized carbons (Fsp3) is 0.333. The molecule has 5 aromatic heterocycles. The summed E-state index contributed by atoms with van der Waals surface area (Å²) >= 11 is 15.7. The van der Waals surface area contributed by atoms with E-state index in [1.54, 1.807) is 35.2 Å². The Kier molecular flexibility index (Phi) is 11.5. The molecule has 0 saturated heterocycles. The van der Waals surface area contributed by atoms with Crippen LogP contribution in [0.2, 0.25) is 0 Å². The summed E-state index contributed by atoms with van der Waals surface area (Å²) in [5.41, 5.74) is 15.3. The molecule has 6 nitrogen and oxygen atoms in total. The Morgan fingerprint density at radius 1 is 0.745 bits per heavy atom. The Hall–Kier alpha value is -2.57. The van der Waals surface area contributed by atoms with Gasteiger partial charge in [0.2, 0.25) is 0 Å². The molecule has 0 saturated carbocycles. The number of furan rings is 2. The lowest BCUT2D eigenvalue weighted by Crippen LogP contribution is -2.03. The molecular formula is C36H38Br2N4O2S3. The number of halogens is 2. The number of fused-ring (bicyclic) bond motifs is 1. The highest BCUT2D eigenvalue weighted by Gasteiger charge is 2.28. The molecule has 1 aromatic carbocycles. The molecular weight excluding hydrogens is 776 g/mol. The summed E-state index contributed by atoms with van der Waals surface area (Å²) in [6.07, 6.45) is 14.9. The molecule has 0 aliphatic rings. The van der Waals surface area contributed by atoms with Crippen LogP contribution in [0, 0.1) is 0 Å². The third kappa shape index (κ3) is 7.25. The highest BCUT2D eigenvalue weighted by atomic mass is 79.9. The van der Waals surface area contributed by atoms with E-state index in [-0.39, 0.29) is 0 Å². The molecule has 6 rings (SSSR count). The first-order valence-corrected chi connectivity index (χ1v) is 19.8. The van der Waals surface area contributed by atoms with E-state index in [2.05, 4.69) is 75.4 Å². The van der Waals surface area contributed by atoms with Crippen LogP contribution in [0.3, 0.4) is 0 Å². The van der Waals surface area contributed by atoms with Crippen LogP contribution >= 0.6 is 67.3 Å². The van der Waals surface area contributed by atoms with Crippen molar-refractivity contribution >= 4 is 89.8 Å². The minimum atomic E-state index is 0.577. The standard InChI is InChI=1S/C36H38Br2N4O2S3/c1-3-5-7-9-13-21-19-25(46-35(21)37)27-29(39)32(42-45)28(26-20-22(36(38)47-26)14-10-8-6-4-2)34-33(27)40-30(23-15-11-17-43-23)31(41-34)24-16-12-18-44-24/h11-12,15-20,42,45H,3-10,13-14,39H2,1-2H3. The Balaban J connectivity index is 1.60. The molecule has 246 valence electrons. The number of thiophene rings is 2. The van der Waals surface area contributed by atoms with Crippen molar-refractivity contribution in [3.63, 3.8) is 0 Å². The van der Waals surface area contributed by atoms with E-state index in [1.165, 1.54) is 49.7 Å². The maximum Gasteiger partial charge on any atom is 0.154 e. The fourth-order valence-electron chi connectivity index (χ4n) is 5.95. The number of hydrogen-bond acceptors (Lipinski definition) is 9. The number of aryl methyl sites for hydroxylation is 2. The highest BCUT2D eigenvalue weighted by molar-refractivity contribution is 9.11. The molecule has 0 aliphatic heterocycles. The zero-order valence-electron chi connectivity index (χ0n) is 26.5. The number of nitrogens with one attached hydrogen (secondary N) is 1. The summed E-state index contributed by atoms with van der Waals surface area (Å²) in [5, 5.41) is 0. The van der Waals surface area contributed by atoms with Gasteiger partial charge in [-0.05, 0) is 105 Å². The van der Waals surface area contributed by atoms with Gasteiger partial charge in [-0.2, -0.15) is 0 Å². The first-order valence-electron chi connectivity index (χ1n) is 16.2. The van der Waals surface area contributed by atoms with Crippen LogP contribution in [-0.4, -0.2) is 9.97 Å². The highest BCUT2D eigenvalue weighted by Crippen LogP contribution is 2.52. The van der Waals surface area contributed by atoms with Crippen LogP contribution in [0.25, 0.3) is 54.8 Å². The smallest absolute Gasteiger partial charge is 0.154 e. The molecule has 0 unspecified atom stereocenters. The zero-order chi connectivity index (χ0) is 32.9. The number of thiol groups is 1. The maximum atomic E-state index is 7.15. The molecule has 3 N–H and O–H groups in total. The van der Waals surface area contributed by atoms with Crippen LogP contribution in [-0.2, 0) is 12.8 Å². The van der Waals surface area contributed by atoms with Gasteiger partial charge < -0.3 is 19.3 Å². The monoisotopic (exact) mass is 812 g/mol. The van der Waals surface area contributed by atoms with E-state index in [9.17, 15) is 0 Å². The number of nitrogen functional groups attached to an aromatic ring is 1. The van der Waals surface area contributed by atoms with Gasteiger partial charge in [-0.1, -0.05) is 65.2 Å². The average Bonchev–Trinajstić information content (AvgIpc) is 3.90. The normalized spacial score (nSPS) is 11.6. The third-order valence-electron chi connectivity index (χ3n) is 8.39. The van der Waals surface area contributed by atoms with Gasteiger partial charge in [-0.15, -0.1) is 22.7 Å². The Bertz CT molecular complexity index is 1950. The second kappa shape index (κ2) is 15.8. The predicted molar refractivity (Wildman–Crippen MR) is 210 cm³/mol. The fourth-order valence-corrected chi connectivity index (χ4v) is 9.84. The molecule has 0 amide bonds. The molecule has 11 heteroatoms. The zero-order valence-corrected chi connectivity index (χ0v) is 32.2. The molecule has 5 heterocycles. The van der Waals surface area contributed by atoms with Crippen molar-refractivity contribution in [1.82, 2.24) is 9.97 Å². The lowest BCUT2D eigenvalue weighted by molar-refractivity contribution is 0.572. The molecule has 0 radical (unpaired) electrons. The number of aromatic nitrogens is 2. The number of rotatable bonds is 15. The number of nitrogens with two attached hydrogens (primary N) is 1. The molecule has 0 aliphatic carbocycles. The summed E-state index contributed by atoms with van der Waals surface area (Å²) in [4.78, 5) is 12.7. The topological polar surface area (TPSA) is 90.1 Å². The molecule has 6 aromatic rings. The van der Waals surface area contributed by atoms with Crippen molar-refractivity contribution in [1.29, 1.82) is 0 Å². The summed E-state index contributed by atoms with van der Waals surface area (Å²) in [6.45, 7) is 4.48. The van der Waals surface area contributed by atoms with E-state index in [0.717, 1.165) is 54.1 Å². The summed E-state index contributed by atoms with van der Waals surface area (Å²) in [7, 11) is 0. The van der Waals surface area contributed by atoms with Crippen molar-refractivity contribution in [2.75, 3.05) is 10.5 Å². The molecule has 0 fully saturated rings. The van der Waals surface area contributed by atoms with Crippen LogP contribution in [0.5, 0.6) is 0 Å². The van der Waals surface area contributed by atoms with E-state index in [4.69, 9.17) is 24.5 Å². The van der Waals surface area contributed by atoms with E-state index in [1.807, 2.05) is 24.3 Å². The second-order valence-corrected chi connectivity index (χ2v) is 16.6. The van der Waals surface area contributed by atoms with Gasteiger partial charge in [0, 0.05) is 20.9 Å². The van der Waals surface area contributed by atoms with E-state index in [0.29, 0.717) is 45.3 Å². The van der Waals surface area contributed by atoms with E-state index >= 15 is 0 Å². The second-order valence-electron chi connectivity index (χ2n) is 11.7. The maximum absolute atomic E-state index is 7.15. The molecule has 0 atom stereocenters. The minimum Gasteiger partial charge on any atom is -0.463 e. The largest absolute Gasteiger partial charge is 0.463 e. The van der Waals surface area contributed by atoms with Crippen molar-refractivity contribution < 1.29 is 8.83 Å². The van der Waals surface area contributed by atoms with Crippen LogP contribution in [0.15, 0.2) is 65.3 Å². The summed E-state index contributed by atoms with van der Waals surface area (Å²) in [5.74, 6) is 1.21. The van der Waals surface area contributed by atoms with Crippen molar-refractivity contribution in [2.45, 2.75) is 78.1 Å². The Labute approximate surface area is 306 Å². The first-order chi connectivity index (χ1) is 22.9. The van der Waals surface area contributed by atoms with Gasteiger partial charge >= 0.3 is 0 Å². The Morgan fingerprint density at radius 2 is 1.23 bits per heavy atom. The molecule has 0 spiro atoms. The SMILES string of the molecule is CCCCCCc1cc(-c2c(N)c(NS)c(-c3cc(CCCCCC)c(Br)s3)c3nc(-c4ccco4)c(-c4ccco4)nc23)sc1Br. The number of benzene rings is 1. The average molecular weight is 815 g/mol. The summed E-state index contributed by atoms with van der Waals surface area (Å²) in [6, 6.07) is 12.0. The van der Waals surface area contributed by atoms with Gasteiger partial charge in [0.1, 0.15) is 22.4 Å². The number of anilines is 2. The molecule has 0 bridgehead atoms. The van der Waals surface area contributed by atoms with E-state index < -0.39 is 0 Å². The number of unbranched alkanes of at least 4 members (excludes halogenated alkanes) is 6. The Morgan fingerprint density at radius 3 is 1.68 bits per heavy atom. The van der Waals surface area contributed by atoms with Gasteiger partial charge in [0.15, 0.2) is 11.5 Å². The third-order valence-corrected chi connectivity index (χ3v) is 12.6. The van der Waals surface area contributed by atoms with Gasteiger partial charge in [-0.25, -0.2) is 9.97 Å². The van der Waals surface area contributed by atoms with Crippen LogP contribution < -0.4 is 10.5 Å². The van der Waals surface area contributed by atoms with Crippen molar-refractivity contribution in [3.05, 3.63) is 67.6 Å². The van der Waals surface area contributed by atoms with Crippen LogP contribution in [0.4, 0.5) is 11.4 Å². The van der Waals surface area contributed by atoms with Crippen molar-refractivity contribution in [3.8, 4) is 43.8 Å². The minimum absolute atomic E-state index is 0.577. The summed E-state index contributed by atoms with van der Waals surface area (Å²) < 4.78 is 17.2. The van der Waals surface area contributed by atoms with Gasteiger partial charge in [0.05, 0.1) is 31.5 Å². The predicted octanol–water partition coefficient (Wildman–Crippen LogP) is 13.2.